The molecular weight excluding hydrogens is 386 g/mol. The summed E-state index contributed by atoms with van der Waals surface area (Å²) in [5.41, 5.74) is 0. The van der Waals surface area contributed by atoms with Crippen LogP contribution in [0, 0.1) is 0 Å². The van der Waals surface area contributed by atoms with Crippen LogP contribution < -0.4 is 5.32 Å². The first-order chi connectivity index (χ1) is 12.5. The number of carbonyl (C=O) groups is 5. The number of thioether (sulfide) groups is 1. The van der Waals surface area contributed by atoms with E-state index in [0.29, 0.717) is 11.8 Å². The van der Waals surface area contributed by atoms with E-state index in [1.54, 1.807) is 13.8 Å². The Labute approximate surface area is 160 Å². The number of ether oxygens (including phenoxy) is 4. The van der Waals surface area contributed by atoms with Crippen molar-refractivity contribution >= 4 is 41.1 Å². The van der Waals surface area contributed by atoms with Crippen LogP contribution in [0.1, 0.15) is 40.5 Å². The maximum absolute atomic E-state index is 11.8. The van der Waals surface area contributed by atoms with E-state index in [0.717, 1.165) is 0 Å². The zero-order chi connectivity index (χ0) is 21.0. The molecule has 0 spiro atoms. The molecule has 27 heavy (non-hydrogen) atoms. The smallest absolute Gasteiger partial charge is 0.410 e. The first-order valence-corrected chi connectivity index (χ1v) is 8.68. The summed E-state index contributed by atoms with van der Waals surface area (Å²) in [7, 11) is 0. The number of aliphatic carboxylic acids is 1. The van der Waals surface area contributed by atoms with E-state index in [1.165, 1.54) is 13.8 Å². The van der Waals surface area contributed by atoms with Crippen LogP contribution in [-0.4, -0.2) is 58.8 Å². The van der Waals surface area contributed by atoms with Gasteiger partial charge in [-0.15, -0.1) is 0 Å². The van der Waals surface area contributed by atoms with E-state index in [1.807, 2.05) is 0 Å². The highest BCUT2D eigenvalue weighted by atomic mass is 32.2. The van der Waals surface area contributed by atoms with Crippen LogP contribution in [0.25, 0.3) is 0 Å². The van der Waals surface area contributed by atoms with Crippen molar-refractivity contribution in [1.82, 2.24) is 5.32 Å². The van der Waals surface area contributed by atoms with Crippen molar-refractivity contribution in [3.63, 3.8) is 0 Å². The van der Waals surface area contributed by atoms with Crippen LogP contribution >= 0.6 is 11.8 Å². The lowest BCUT2D eigenvalue weighted by Gasteiger charge is -2.29. The molecule has 0 heterocycles. The lowest BCUT2D eigenvalue weighted by Crippen LogP contribution is -2.53. The summed E-state index contributed by atoms with van der Waals surface area (Å²) in [6, 6.07) is -1.54. The van der Waals surface area contributed by atoms with Crippen LogP contribution in [0.15, 0.2) is 0 Å². The Bertz CT molecular complexity index is 563. The highest BCUT2D eigenvalue weighted by Crippen LogP contribution is 2.30. The molecule has 0 aliphatic carbocycles. The molecule has 0 radical (unpaired) electrons. The van der Waals surface area contributed by atoms with Crippen molar-refractivity contribution in [3.8, 4) is 0 Å². The summed E-state index contributed by atoms with van der Waals surface area (Å²) in [5, 5.41) is 10.5. The SMILES string of the molecule is CCC(=O)OCOC(=O)N[C@@H](C(=O)O)C(C)(C)SC(=O)OCOC(=O)CC. The van der Waals surface area contributed by atoms with Gasteiger partial charge in [-0.3, -0.25) is 9.59 Å². The summed E-state index contributed by atoms with van der Waals surface area (Å²) in [6.07, 6.45) is -0.955. The van der Waals surface area contributed by atoms with Crippen LogP contribution in [-0.2, 0) is 33.3 Å². The van der Waals surface area contributed by atoms with Gasteiger partial charge >= 0.3 is 29.3 Å². The van der Waals surface area contributed by atoms with E-state index < -0.39 is 53.7 Å². The lowest BCUT2D eigenvalue weighted by atomic mass is 10.0. The molecule has 2 N–H and O–H groups in total. The van der Waals surface area contributed by atoms with E-state index in [4.69, 9.17) is 0 Å². The second-order valence-corrected chi connectivity index (χ2v) is 7.01. The number of hydrogen-bond acceptors (Lipinski definition) is 10. The molecule has 0 fully saturated rings. The Kier molecular flexibility index (Phi) is 10.9. The highest BCUT2D eigenvalue weighted by molar-refractivity contribution is 8.14. The lowest BCUT2D eigenvalue weighted by molar-refractivity contribution is -0.152. The van der Waals surface area contributed by atoms with E-state index in [-0.39, 0.29) is 12.8 Å². The number of carbonyl (C=O) groups excluding carboxylic acids is 4. The number of hydrogen-bond donors (Lipinski definition) is 2. The summed E-state index contributed by atoms with van der Waals surface area (Å²) >= 11 is 0.483. The van der Waals surface area contributed by atoms with Gasteiger partial charge in [0.2, 0.25) is 13.6 Å². The minimum Gasteiger partial charge on any atom is -0.480 e. The predicted molar refractivity (Wildman–Crippen MR) is 91.7 cm³/mol. The van der Waals surface area contributed by atoms with E-state index in [2.05, 4.69) is 24.3 Å². The average Bonchev–Trinajstić information content (AvgIpc) is 2.58. The molecule has 154 valence electrons. The molecule has 11 nitrogen and oxygen atoms in total. The van der Waals surface area contributed by atoms with Gasteiger partial charge < -0.3 is 29.4 Å². The van der Waals surface area contributed by atoms with Gasteiger partial charge in [0, 0.05) is 12.8 Å². The fourth-order valence-electron chi connectivity index (χ4n) is 1.49. The average molecular weight is 409 g/mol. The third-order valence-corrected chi connectivity index (χ3v) is 3.98. The van der Waals surface area contributed by atoms with Crippen molar-refractivity contribution in [3.05, 3.63) is 0 Å². The fourth-order valence-corrected chi connectivity index (χ4v) is 2.31. The molecular formula is C15H23NO10S. The molecule has 0 saturated carbocycles. The van der Waals surface area contributed by atoms with Crippen molar-refractivity contribution in [2.24, 2.45) is 0 Å². The third kappa shape index (κ3) is 10.3. The molecule has 0 bridgehead atoms. The summed E-state index contributed by atoms with van der Waals surface area (Å²) < 4.78 is 17.0. The Morgan fingerprint density at radius 3 is 1.85 bits per heavy atom. The van der Waals surface area contributed by atoms with Gasteiger partial charge in [-0.05, 0) is 25.6 Å². The monoisotopic (exact) mass is 409 g/mol. The van der Waals surface area contributed by atoms with Gasteiger partial charge in [-0.2, -0.15) is 0 Å². The Morgan fingerprint density at radius 1 is 0.926 bits per heavy atom. The largest absolute Gasteiger partial charge is 0.480 e. The zero-order valence-corrected chi connectivity index (χ0v) is 16.3. The Balaban J connectivity index is 4.64. The molecule has 1 amide bonds. The molecule has 1 atom stereocenters. The van der Waals surface area contributed by atoms with Gasteiger partial charge in [-0.1, -0.05) is 13.8 Å². The summed E-state index contributed by atoms with van der Waals surface area (Å²) in [6.45, 7) is 4.59. The number of nitrogens with one attached hydrogen (secondary N) is 1. The van der Waals surface area contributed by atoms with Crippen LogP contribution in [0.3, 0.4) is 0 Å². The van der Waals surface area contributed by atoms with Crippen LogP contribution in [0.5, 0.6) is 0 Å². The number of carboxylic acids is 1. The topological polar surface area (TPSA) is 155 Å². The molecule has 0 aliphatic rings. The standard InChI is InChI=1S/C15H23NO10S/c1-5-9(17)23-7-25-13(21)16-11(12(19)20)15(3,4)27-14(22)26-8-24-10(18)6-2/h11H,5-8H2,1-4H3,(H,16,21)(H,19,20)/t11-/m0/s1. The van der Waals surface area contributed by atoms with Crippen molar-refractivity contribution in [1.29, 1.82) is 0 Å². The molecule has 0 aromatic heterocycles. The van der Waals surface area contributed by atoms with Gasteiger partial charge in [0.15, 0.2) is 0 Å². The molecule has 0 rings (SSSR count). The quantitative estimate of drug-likeness (QED) is 0.399. The van der Waals surface area contributed by atoms with Crippen molar-refractivity contribution < 1.29 is 48.0 Å². The number of amides is 1. The molecule has 0 aromatic rings. The first kappa shape index (κ1) is 24.5. The van der Waals surface area contributed by atoms with Crippen LogP contribution in [0.4, 0.5) is 9.59 Å². The minimum atomic E-state index is -1.54. The first-order valence-electron chi connectivity index (χ1n) is 7.86. The van der Waals surface area contributed by atoms with Crippen molar-refractivity contribution in [2.75, 3.05) is 13.6 Å². The minimum absolute atomic E-state index is 0.0854. The number of esters is 2. The molecule has 0 unspecified atom stereocenters. The van der Waals surface area contributed by atoms with Gasteiger partial charge in [0.1, 0.15) is 6.04 Å². The summed E-state index contributed by atoms with van der Waals surface area (Å²) in [5.74, 6) is -2.59. The maximum atomic E-state index is 11.8. The molecule has 0 saturated heterocycles. The maximum Gasteiger partial charge on any atom is 0.410 e. The second-order valence-electron chi connectivity index (χ2n) is 5.42. The second kappa shape index (κ2) is 12.0. The Morgan fingerprint density at radius 2 is 1.41 bits per heavy atom. The number of carboxylic acid groups (broad SMARTS) is 1. The van der Waals surface area contributed by atoms with E-state index >= 15 is 0 Å². The molecule has 0 aliphatic heterocycles. The van der Waals surface area contributed by atoms with Crippen molar-refractivity contribution in [2.45, 2.75) is 51.3 Å². The number of alkyl carbamates (subject to hydrolysis) is 1. The van der Waals surface area contributed by atoms with Gasteiger partial charge in [0.25, 0.3) is 0 Å². The number of rotatable bonds is 10. The summed E-state index contributed by atoms with van der Waals surface area (Å²) in [4.78, 5) is 56.8. The molecule has 12 heteroatoms. The zero-order valence-electron chi connectivity index (χ0n) is 15.4. The highest BCUT2D eigenvalue weighted by Gasteiger charge is 2.40. The third-order valence-electron chi connectivity index (χ3n) is 2.93. The Hall–Kier alpha value is -2.50. The van der Waals surface area contributed by atoms with Gasteiger partial charge in [-0.25, -0.2) is 14.4 Å². The normalized spacial score (nSPS) is 11.7. The van der Waals surface area contributed by atoms with Crippen LogP contribution in [0.2, 0.25) is 0 Å². The van der Waals surface area contributed by atoms with E-state index in [9.17, 15) is 29.1 Å². The van der Waals surface area contributed by atoms with Gasteiger partial charge in [0.05, 0.1) is 4.75 Å². The molecule has 0 aromatic carbocycles. The predicted octanol–water partition coefficient (Wildman–Crippen LogP) is 1.64. The fraction of sp³-hybridized carbons (Fsp3) is 0.667.